The molecule has 168 valence electrons. The van der Waals surface area contributed by atoms with Gasteiger partial charge in [0.1, 0.15) is 0 Å². The SMILES string of the molecule is C=C1/C(=C\C=C2/CCC[C@]3(C)C([C@@H](C)SC[C@H](O)C(C)C)=CCC23)C[C@@H](O)C[C@@H]1O. The summed E-state index contributed by atoms with van der Waals surface area (Å²) >= 11 is 1.89. The molecule has 2 saturated carbocycles. The second-order valence-electron chi connectivity index (χ2n) is 10.1. The van der Waals surface area contributed by atoms with Gasteiger partial charge in [0.15, 0.2) is 0 Å². The molecule has 0 radical (unpaired) electrons. The second-order valence-corrected chi connectivity index (χ2v) is 11.4. The van der Waals surface area contributed by atoms with Gasteiger partial charge in [0.25, 0.3) is 0 Å². The molecule has 0 aromatic heterocycles. The summed E-state index contributed by atoms with van der Waals surface area (Å²) in [7, 11) is 0. The summed E-state index contributed by atoms with van der Waals surface area (Å²) < 4.78 is 0. The summed E-state index contributed by atoms with van der Waals surface area (Å²) in [5.41, 5.74) is 4.98. The quantitative estimate of drug-likeness (QED) is 0.506. The van der Waals surface area contributed by atoms with Crippen LogP contribution in [0.4, 0.5) is 0 Å². The molecule has 0 amide bonds. The first-order valence-electron chi connectivity index (χ1n) is 11.6. The van der Waals surface area contributed by atoms with Crippen LogP contribution < -0.4 is 0 Å². The average molecular weight is 433 g/mol. The predicted molar refractivity (Wildman–Crippen MR) is 127 cm³/mol. The fourth-order valence-corrected chi connectivity index (χ4v) is 6.89. The van der Waals surface area contributed by atoms with Gasteiger partial charge in [-0.1, -0.05) is 56.7 Å². The minimum absolute atomic E-state index is 0.195. The van der Waals surface area contributed by atoms with Crippen molar-refractivity contribution in [3.05, 3.63) is 47.1 Å². The Kier molecular flexibility index (Phi) is 7.76. The zero-order chi connectivity index (χ0) is 22.1. The minimum atomic E-state index is -0.631. The number of aliphatic hydroxyl groups excluding tert-OH is 3. The smallest absolute Gasteiger partial charge is 0.0811 e. The number of rotatable bonds is 6. The average Bonchev–Trinajstić information content (AvgIpc) is 3.04. The van der Waals surface area contributed by atoms with Gasteiger partial charge in [0, 0.05) is 17.4 Å². The Morgan fingerprint density at radius 3 is 2.70 bits per heavy atom. The molecule has 30 heavy (non-hydrogen) atoms. The van der Waals surface area contributed by atoms with Crippen molar-refractivity contribution < 1.29 is 15.3 Å². The van der Waals surface area contributed by atoms with Crippen molar-refractivity contribution in [2.24, 2.45) is 17.3 Å². The summed E-state index contributed by atoms with van der Waals surface area (Å²) in [5, 5.41) is 30.8. The molecule has 3 rings (SSSR count). The molecule has 0 spiro atoms. The van der Waals surface area contributed by atoms with E-state index in [1.807, 2.05) is 11.8 Å². The molecule has 3 aliphatic carbocycles. The maximum absolute atomic E-state index is 10.2. The largest absolute Gasteiger partial charge is 0.393 e. The first-order chi connectivity index (χ1) is 14.1. The number of fused-ring (bicyclic) bond motifs is 1. The van der Waals surface area contributed by atoms with Gasteiger partial charge < -0.3 is 15.3 Å². The number of thioether (sulfide) groups is 1. The summed E-state index contributed by atoms with van der Waals surface area (Å²) in [6, 6.07) is 0. The van der Waals surface area contributed by atoms with Crippen LogP contribution >= 0.6 is 11.8 Å². The van der Waals surface area contributed by atoms with Crippen molar-refractivity contribution in [1.82, 2.24) is 0 Å². The molecule has 3 nitrogen and oxygen atoms in total. The molecule has 0 bridgehead atoms. The maximum atomic E-state index is 10.2. The number of allylic oxidation sites excluding steroid dienone is 4. The molecule has 6 atom stereocenters. The molecule has 3 N–H and O–H groups in total. The van der Waals surface area contributed by atoms with Gasteiger partial charge in [-0.3, -0.25) is 0 Å². The van der Waals surface area contributed by atoms with Crippen molar-refractivity contribution in [1.29, 1.82) is 0 Å². The highest BCUT2D eigenvalue weighted by atomic mass is 32.2. The van der Waals surface area contributed by atoms with Crippen LogP contribution in [0, 0.1) is 17.3 Å². The first kappa shape index (κ1) is 23.8. The molecule has 0 aromatic rings. The molecule has 0 heterocycles. The zero-order valence-corrected chi connectivity index (χ0v) is 19.9. The number of hydrogen-bond acceptors (Lipinski definition) is 4. The van der Waals surface area contributed by atoms with Crippen LogP contribution in [0.3, 0.4) is 0 Å². The minimum Gasteiger partial charge on any atom is -0.393 e. The predicted octanol–water partition coefficient (Wildman–Crippen LogP) is 5.19. The van der Waals surface area contributed by atoms with Crippen molar-refractivity contribution in [3.8, 4) is 0 Å². The second kappa shape index (κ2) is 9.77. The highest BCUT2D eigenvalue weighted by Crippen LogP contribution is 2.56. The molecule has 2 fully saturated rings. The van der Waals surface area contributed by atoms with E-state index in [0.717, 1.165) is 29.7 Å². The third-order valence-corrected chi connectivity index (χ3v) is 8.89. The van der Waals surface area contributed by atoms with Crippen molar-refractivity contribution >= 4 is 11.8 Å². The molecule has 0 aliphatic heterocycles. The van der Waals surface area contributed by atoms with Crippen LogP contribution in [-0.2, 0) is 0 Å². The molecule has 1 unspecified atom stereocenters. The van der Waals surface area contributed by atoms with Gasteiger partial charge in [0.2, 0.25) is 0 Å². The van der Waals surface area contributed by atoms with Gasteiger partial charge in [-0.2, -0.15) is 11.8 Å². The van der Waals surface area contributed by atoms with E-state index in [1.54, 1.807) is 5.57 Å². The number of hydrogen-bond donors (Lipinski definition) is 3. The molecule has 0 saturated heterocycles. The molecular formula is C26H40O3S. The van der Waals surface area contributed by atoms with E-state index < -0.39 is 12.2 Å². The molecule has 0 aromatic carbocycles. The normalized spacial score (nSPS) is 36.9. The van der Waals surface area contributed by atoms with Crippen LogP contribution in [0.2, 0.25) is 0 Å². The van der Waals surface area contributed by atoms with Crippen molar-refractivity contribution in [2.45, 2.75) is 89.8 Å². The highest BCUT2D eigenvalue weighted by molar-refractivity contribution is 8.00. The summed E-state index contributed by atoms with van der Waals surface area (Å²) in [6.45, 7) is 12.9. The maximum Gasteiger partial charge on any atom is 0.0811 e. The van der Waals surface area contributed by atoms with E-state index in [9.17, 15) is 15.3 Å². The van der Waals surface area contributed by atoms with Crippen LogP contribution in [-0.4, -0.2) is 44.6 Å². The summed E-state index contributed by atoms with van der Waals surface area (Å²) in [6.07, 6.45) is 11.1. The lowest BCUT2D eigenvalue weighted by Gasteiger charge is -2.42. The molecule has 4 heteroatoms. The van der Waals surface area contributed by atoms with E-state index in [0.29, 0.717) is 29.9 Å². The van der Waals surface area contributed by atoms with Crippen LogP contribution in [0.1, 0.15) is 66.2 Å². The Morgan fingerprint density at radius 1 is 1.27 bits per heavy atom. The zero-order valence-electron chi connectivity index (χ0n) is 19.1. The Morgan fingerprint density at radius 2 is 2.00 bits per heavy atom. The third kappa shape index (κ3) is 4.98. The van der Waals surface area contributed by atoms with Gasteiger partial charge in [-0.15, -0.1) is 0 Å². The fourth-order valence-electron chi connectivity index (χ4n) is 5.47. The lowest BCUT2D eigenvalue weighted by atomic mass is 9.64. The Balaban J connectivity index is 1.73. The fraction of sp³-hybridized carbons (Fsp3) is 0.692. The van der Waals surface area contributed by atoms with Gasteiger partial charge in [0.05, 0.1) is 18.3 Å². The highest BCUT2D eigenvalue weighted by Gasteiger charge is 2.46. The van der Waals surface area contributed by atoms with Gasteiger partial charge in [-0.05, 0) is 67.4 Å². The van der Waals surface area contributed by atoms with Crippen LogP contribution in [0.15, 0.2) is 47.1 Å². The Labute approximate surface area is 187 Å². The van der Waals surface area contributed by atoms with E-state index >= 15 is 0 Å². The van der Waals surface area contributed by atoms with Crippen molar-refractivity contribution in [2.75, 3.05) is 5.75 Å². The Bertz CT molecular complexity index is 735. The van der Waals surface area contributed by atoms with Crippen LogP contribution in [0.25, 0.3) is 0 Å². The van der Waals surface area contributed by atoms with Gasteiger partial charge in [-0.25, -0.2) is 0 Å². The van der Waals surface area contributed by atoms with Crippen molar-refractivity contribution in [3.63, 3.8) is 0 Å². The van der Waals surface area contributed by atoms with E-state index in [2.05, 4.69) is 52.5 Å². The van der Waals surface area contributed by atoms with Gasteiger partial charge >= 0.3 is 0 Å². The van der Waals surface area contributed by atoms with E-state index in [1.165, 1.54) is 18.4 Å². The number of aliphatic hydroxyl groups is 3. The summed E-state index contributed by atoms with van der Waals surface area (Å²) in [5.74, 6) is 1.62. The topological polar surface area (TPSA) is 60.7 Å². The standard InChI is InChI=1S/C26H40O3S/c1-16(2)25(29)15-30-18(4)22-10-11-23-19(7-6-12-26(22,23)5)8-9-20-13-21(27)14-24(28)17(20)3/h8-10,16,18,21,23-25,27-29H,3,6-7,11-15H2,1-2,4-5H3/b19-8+,20-9-/t18-,21-,23?,24+,25+,26-/m1/s1. The lowest BCUT2D eigenvalue weighted by Crippen LogP contribution is -2.33. The van der Waals surface area contributed by atoms with E-state index in [-0.39, 0.29) is 11.5 Å². The third-order valence-electron chi connectivity index (χ3n) is 7.60. The molecule has 3 aliphatic rings. The van der Waals surface area contributed by atoms with Crippen LogP contribution in [0.5, 0.6) is 0 Å². The monoisotopic (exact) mass is 432 g/mol. The lowest BCUT2D eigenvalue weighted by molar-refractivity contribution is 0.0862. The first-order valence-corrected chi connectivity index (χ1v) is 12.6. The van der Waals surface area contributed by atoms with E-state index in [4.69, 9.17) is 0 Å². The Hall–Kier alpha value is -0.810. The summed E-state index contributed by atoms with van der Waals surface area (Å²) in [4.78, 5) is 0. The molecular weight excluding hydrogens is 392 g/mol.